The first-order valence-electron chi connectivity index (χ1n) is 11.8. The number of fused-ring (bicyclic) bond motifs is 1. The summed E-state index contributed by atoms with van der Waals surface area (Å²) in [5, 5.41) is 1.35. The number of para-hydroxylation sites is 1. The Balaban J connectivity index is 2.14. The second-order valence-corrected chi connectivity index (χ2v) is 9.16. The van der Waals surface area contributed by atoms with E-state index in [9.17, 15) is 14.4 Å². The molecule has 35 heavy (non-hydrogen) atoms. The lowest BCUT2D eigenvalue weighted by Crippen LogP contribution is -2.55. The summed E-state index contributed by atoms with van der Waals surface area (Å²) in [5.74, 6) is -2.09. The lowest BCUT2D eigenvalue weighted by molar-refractivity contribution is -0.132. The van der Waals surface area contributed by atoms with Gasteiger partial charge in [0.15, 0.2) is 0 Å². The van der Waals surface area contributed by atoms with Gasteiger partial charge in [0.1, 0.15) is 5.82 Å². The molecule has 0 radical (unpaired) electrons. The fourth-order valence-electron chi connectivity index (χ4n) is 4.10. The number of carbonyl (C=O) groups is 2. The van der Waals surface area contributed by atoms with Gasteiger partial charge in [-0.25, -0.2) is 4.98 Å². The quantitative estimate of drug-likeness (QED) is 0.405. The predicted octanol–water partition coefficient (Wildman–Crippen LogP) is 4.88. The molecule has 4 rings (SSSR count). The number of imide groups is 1. The summed E-state index contributed by atoms with van der Waals surface area (Å²) in [6.07, 6.45) is 0. The van der Waals surface area contributed by atoms with E-state index in [1.54, 1.807) is 45.9 Å². The zero-order chi connectivity index (χ0) is 25.1. The summed E-state index contributed by atoms with van der Waals surface area (Å²) < 4.78 is 1.21. The minimum absolute atomic E-state index is 0.314. The molecule has 0 spiro atoms. The first kappa shape index (κ1) is 24.1. The second-order valence-electron chi connectivity index (χ2n) is 9.16. The van der Waals surface area contributed by atoms with E-state index >= 15 is 0 Å². The fourth-order valence-corrected chi connectivity index (χ4v) is 4.10. The molecule has 2 amide bonds. The van der Waals surface area contributed by atoms with Crippen LogP contribution in [0.3, 0.4) is 0 Å². The van der Waals surface area contributed by atoms with Crippen LogP contribution in [0.1, 0.15) is 50.6 Å². The van der Waals surface area contributed by atoms with E-state index in [1.807, 2.05) is 66.7 Å². The summed E-state index contributed by atoms with van der Waals surface area (Å²) in [6.45, 7) is 6.87. The number of hydrogen-bond donors (Lipinski definition) is 0. The first-order chi connectivity index (χ1) is 16.8. The summed E-state index contributed by atoms with van der Waals surface area (Å²) in [7, 11) is 0. The van der Waals surface area contributed by atoms with Crippen molar-refractivity contribution in [3.63, 3.8) is 0 Å². The largest absolute Gasteiger partial charge is 0.280 e. The van der Waals surface area contributed by atoms with Gasteiger partial charge in [-0.3, -0.25) is 14.4 Å². The molecule has 0 saturated carbocycles. The van der Waals surface area contributed by atoms with Crippen LogP contribution < -0.4 is 10.6 Å². The lowest BCUT2D eigenvalue weighted by Gasteiger charge is -2.30. The van der Waals surface area contributed by atoms with Crippen molar-refractivity contribution in [2.24, 2.45) is 11.8 Å². The van der Waals surface area contributed by atoms with Gasteiger partial charge in [-0.15, -0.1) is 0 Å². The Morgan fingerprint density at radius 2 is 1.17 bits per heavy atom. The van der Waals surface area contributed by atoms with Gasteiger partial charge in [0.05, 0.1) is 16.8 Å². The second kappa shape index (κ2) is 10.1. The molecule has 4 aromatic rings. The minimum atomic E-state index is -0.504. The normalized spacial score (nSPS) is 11.4. The molecule has 178 valence electrons. The maximum absolute atomic E-state index is 14.0. The highest BCUT2D eigenvalue weighted by atomic mass is 16.2. The number of carbonyl (C=O) groups excluding carboxylic acids is 2. The maximum atomic E-state index is 14.0. The van der Waals surface area contributed by atoms with E-state index < -0.39 is 35.1 Å². The predicted molar refractivity (Wildman–Crippen MR) is 138 cm³/mol. The molecule has 0 bridgehead atoms. The Kier molecular flexibility index (Phi) is 6.92. The standard InChI is InChI=1S/C29H29N3O3/c1-19(2)27(33)32(28(34)20(3)4)31-26(30-24-18-12-11-17-23(24)29(31)35)25(21-13-7-5-8-14-21)22-15-9-6-10-16-22/h5-20,25H,1-4H3. The van der Waals surface area contributed by atoms with Crippen molar-refractivity contribution in [2.75, 3.05) is 5.01 Å². The smallest absolute Gasteiger partial charge is 0.272 e. The zero-order valence-corrected chi connectivity index (χ0v) is 20.4. The number of rotatable bonds is 6. The van der Waals surface area contributed by atoms with Gasteiger partial charge in [-0.2, -0.15) is 9.69 Å². The number of aromatic nitrogens is 2. The molecule has 0 unspecified atom stereocenters. The molecular weight excluding hydrogens is 438 g/mol. The Morgan fingerprint density at radius 1 is 0.714 bits per heavy atom. The molecule has 6 nitrogen and oxygen atoms in total. The van der Waals surface area contributed by atoms with Crippen molar-refractivity contribution in [2.45, 2.75) is 33.6 Å². The molecule has 0 atom stereocenters. The molecule has 1 heterocycles. The molecular formula is C29H29N3O3. The first-order valence-corrected chi connectivity index (χ1v) is 11.8. The SMILES string of the molecule is CC(C)C(=O)N(C(=O)C(C)C)n1c(C(c2ccccc2)c2ccccc2)nc2ccccc2c1=O. The monoisotopic (exact) mass is 467 g/mol. The number of amides is 2. The van der Waals surface area contributed by atoms with Gasteiger partial charge in [0.2, 0.25) is 0 Å². The third-order valence-corrected chi connectivity index (χ3v) is 5.91. The molecule has 6 heteroatoms. The Hall–Kier alpha value is -4.06. The lowest BCUT2D eigenvalue weighted by atomic mass is 9.90. The highest BCUT2D eigenvalue weighted by Gasteiger charge is 2.34. The van der Waals surface area contributed by atoms with Crippen LogP contribution in [0.25, 0.3) is 10.9 Å². The van der Waals surface area contributed by atoms with E-state index in [4.69, 9.17) is 4.98 Å². The average molecular weight is 468 g/mol. The number of nitrogens with zero attached hydrogens (tertiary/aromatic N) is 3. The third-order valence-electron chi connectivity index (χ3n) is 5.91. The highest BCUT2D eigenvalue weighted by Crippen LogP contribution is 2.31. The van der Waals surface area contributed by atoms with Crippen LogP contribution in [-0.2, 0) is 9.59 Å². The Bertz CT molecular complexity index is 1350. The summed E-state index contributed by atoms with van der Waals surface area (Å²) in [5.41, 5.74) is 1.84. The maximum Gasteiger partial charge on any atom is 0.280 e. The van der Waals surface area contributed by atoms with E-state index in [0.717, 1.165) is 16.1 Å². The van der Waals surface area contributed by atoms with Gasteiger partial charge < -0.3 is 0 Å². The van der Waals surface area contributed by atoms with Crippen molar-refractivity contribution in [3.8, 4) is 0 Å². The molecule has 3 aromatic carbocycles. The van der Waals surface area contributed by atoms with Crippen molar-refractivity contribution in [1.82, 2.24) is 9.66 Å². The van der Waals surface area contributed by atoms with Gasteiger partial charge in [-0.05, 0) is 23.3 Å². The third kappa shape index (κ3) is 4.64. The number of hydrogen-bond acceptors (Lipinski definition) is 4. The van der Waals surface area contributed by atoms with Crippen LogP contribution in [-0.4, -0.2) is 21.5 Å². The molecule has 0 fully saturated rings. The van der Waals surface area contributed by atoms with Crippen LogP contribution in [0.4, 0.5) is 0 Å². The molecule has 0 aliphatic rings. The minimum Gasteiger partial charge on any atom is -0.272 e. The number of benzene rings is 3. The van der Waals surface area contributed by atoms with Crippen molar-refractivity contribution < 1.29 is 9.59 Å². The van der Waals surface area contributed by atoms with Crippen molar-refractivity contribution in [1.29, 1.82) is 0 Å². The van der Waals surface area contributed by atoms with Gasteiger partial charge in [0, 0.05) is 11.8 Å². The van der Waals surface area contributed by atoms with Crippen molar-refractivity contribution in [3.05, 3.63) is 112 Å². The van der Waals surface area contributed by atoms with Gasteiger partial charge in [-0.1, -0.05) is 100 Å². The molecule has 0 aliphatic heterocycles. The fraction of sp³-hybridized carbons (Fsp3) is 0.241. The zero-order valence-electron chi connectivity index (χ0n) is 20.4. The van der Waals surface area contributed by atoms with E-state index in [0.29, 0.717) is 16.7 Å². The average Bonchev–Trinajstić information content (AvgIpc) is 2.87. The molecule has 0 N–H and O–H groups in total. The molecule has 0 saturated heterocycles. The van der Waals surface area contributed by atoms with E-state index in [-0.39, 0.29) is 0 Å². The van der Waals surface area contributed by atoms with Crippen LogP contribution in [0, 0.1) is 11.8 Å². The highest BCUT2D eigenvalue weighted by molar-refractivity contribution is 6.09. The molecule has 1 aromatic heterocycles. The van der Waals surface area contributed by atoms with Crippen LogP contribution >= 0.6 is 0 Å². The van der Waals surface area contributed by atoms with Crippen LogP contribution in [0.15, 0.2) is 89.7 Å². The van der Waals surface area contributed by atoms with Crippen LogP contribution in [0.2, 0.25) is 0 Å². The van der Waals surface area contributed by atoms with E-state index in [2.05, 4.69) is 0 Å². The summed E-state index contributed by atoms with van der Waals surface area (Å²) in [6, 6.07) is 26.4. The van der Waals surface area contributed by atoms with Gasteiger partial charge >= 0.3 is 0 Å². The Labute approximate surface area is 204 Å². The summed E-state index contributed by atoms with van der Waals surface area (Å²) in [4.78, 5) is 45.8. The molecule has 0 aliphatic carbocycles. The topological polar surface area (TPSA) is 72.3 Å². The summed E-state index contributed by atoms with van der Waals surface area (Å²) >= 11 is 0. The van der Waals surface area contributed by atoms with E-state index in [1.165, 1.54) is 4.68 Å². The van der Waals surface area contributed by atoms with Crippen molar-refractivity contribution >= 4 is 22.7 Å². The van der Waals surface area contributed by atoms with Crippen LogP contribution in [0.5, 0.6) is 0 Å². The Morgan fingerprint density at radius 3 is 1.66 bits per heavy atom. The van der Waals surface area contributed by atoms with Gasteiger partial charge in [0.25, 0.3) is 17.4 Å².